The quantitative estimate of drug-likeness (QED) is 0.611. The zero-order chi connectivity index (χ0) is 11.7. The predicted octanol–water partition coefficient (Wildman–Crippen LogP) is 4.94. The summed E-state index contributed by atoms with van der Waals surface area (Å²) in [5.74, 6) is 0. The first kappa shape index (κ1) is 11.1. The third-order valence-electron chi connectivity index (χ3n) is 2.53. The van der Waals surface area contributed by atoms with Crippen LogP contribution in [0.25, 0.3) is 22.2 Å². The highest BCUT2D eigenvalue weighted by Crippen LogP contribution is 2.32. The number of pyridine rings is 1. The van der Waals surface area contributed by atoms with E-state index in [1.165, 1.54) is 0 Å². The van der Waals surface area contributed by atoms with E-state index in [1.807, 2.05) is 36.5 Å². The van der Waals surface area contributed by atoms with Gasteiger partial charge in [0.2, 0.25) is 0 Å². The minimum absolute atomic E-state index is 0.838. The van der Waals surface area contributed by atoms with Crippen LogP contribution in [-0.4, -0.2) is 4.98 Å². The zero-order valence-corrected chi connectivity index (χ0v) is 11.7. The third-order valence-corrected chi connectivity index (χ3v) is 4.19. The molecule has 17 heavy (non-hydrogen) atoms. The number of hydrogen-bond acceptors (Lipinski definition) is 3. The van der Waals surface area contributed by atoms with E-state index in [1.54, 1.807) is 8.93 Å². The van der Waals surface area contributed by atoms with Crippen LogP contribution in [0.2, 0.25) is 0 Å². The molecule has 2 nitrogen and oxygen atoms in total. The Labute approximate surface area is 115 Å². The van der Waals surface area contributed by atoms with Crippen molar-refractivity contribution in [2.24, 2.45) is 0 Å². The summed E-state index contributed by atoms with van der Waals surface area (Å²) < 4.78 is 5.67. The molecule has 0 unspecified atom stereocenters. The fourth-order valence-corrected chi connectivity index (χ4v) is 2.65. The zero-order valence-electron chi connectivity index (χ0n) is 8.76. The standard InChI is InChI=1S/C13H8INOS/c14-17-13-7-11-12(16-13)6-10(8-15-11)9-4-2-1-3-5-9/h1-8H. The SMILES string of the molecule is ISc1cc2ncc(-c3ccccc3)cc2o1. The van der Waals surface area contributed by atoms with E-state index in [4.69, 9.17) is 4.42 Å². The summed E-state index contributed by atoms with van der Waals surface area (Å²) in [5.41, 5.74) is 3.98. The largest absolute Gasteiger partial charge is 0.447 e. The van der Waals surface area contributed by atoms with Crippen molar-refractivity contribution in [3.8, 4) is 11.1 Å². The minimum Gasteiger partial charge on any atom is -0.447 e. The van der Waals surface area contributed by atoms with E-state index < -0.39 is 0 Å². The Morgan fingerprint density at radius 2 is 1.88 bits per heavy atom. The molecule has 0 aliphatic carbocycles. The molecule has 0 amide bonds. The molecule has 3 rings (SSSR count). The summed E-state index contributed by atoms with van der Waals surface area (Å²) >= 11 is 2.20. The molecule has 0 N–H and O–H groups in total. The Morgan fingerprint density at radius 1 is 1.06 bits per heavy atom. The molecule has 0 atom stereocenters. The second-order valence-electron chi connectivity index (χ2n) is 3.62. The summed E-state index contributed by atoms with van der Waals surface area (Å²) in [6, 6.07) is 14.2. The molecular formula is C13H8INOS. The lowest BCUT2D eigenvalue weighted by atomic mass is 10.1. The summed E-state index contributed by atoms with van der Waals surface area (Å²) in [5, 5.41) is 0.887. The van der Waals surface area contributed by atoms with Gasteiger partial charge in [0.15, 0.2) is 10.7 Å². The van der Waals surface area contributed by atoms with Crippen molar-refractivity contribution in [2.75, 3.05) is 0 Å². The monoisotopic (exact) mass is 353 g/mol. The lowest BCUT2D eigenvalue weighted by Crippen LogP contribution is -1.79. The molecule has 84 valence electrons. The average molecular weight is 353 g/mol. The first-order chi connectivity index (χ1) is 8.36. The molecular weight excluding hydrogens is 345 g/mol. The van der Waals surface area contributed by atoms with E-state index in [0.717, 1.165) is 27.3 Å². The van der Waals surface area contributed by atoms with Crippen molar-refractivity contribution >= 4 is 41.2 Å². The second-order valence-corrected chi connectivity index (χ2v) is 5.49. The Hall–Kier alpha value is -1.01. The summed E-state index contributed by atoms with van der Waals surface area (Å²) in [7, 11) is 1.56. The van der Waals surface area contributed by atoms with Gasteiger partial charge in [-0.3, -0.25) is 4.98 Å². The maximum Gasteiger partial charge on any atom is 0.173 e. The van der Waals surface area contributed by atoms with Gasteiger partial charge in [-0.25, -0.2) is 0 Å². The van der Waals surface area contributed by atoms with Gasteiger partial charge < -0.3 is 4.42 Å². The van der Waals surface area contributed by atoms with Crippen molar-refractivity contribution in [3.63, 3.8) is 0 Å². The fraction of sp³-hybridized carbons (Fsp3) is 0. The van der Waals surface area contributed by atoms with Crippen LogP contribution >= 0.6 is 30.1 Å². The van der Waals surface area contributed by atoms with Gasteiger partial charge in [-0.2, -0.15) is 0 Å². The lowest BCUT2D eigenvalue weighted by Gasteiger charge is -1.99. The normalized spacial score (nSPS) is 10.9. The molecule has 2 heterocycles. The van der Waals surface area contributed by atoms with Gasteiger partial charge in [0.05, 0.1) is 0 Å². The predicted molar refractivity (Wildman–Crippen MR) is 79.3 cm³/mol. The number of benzene rings is 1. The van der Waals surface area contributed by atoms with Gasteiger partial charge in [-0.05, 0) is 20.6 Å². The van der Waals surface area contributed by atoms with Gasteiger partial charge in [0, 0.05) is 39.0 Å². The highest BCUT2D eigenvalue weighted by Gasteiger charge is 2.06. The van der Waals surface area contributed by atoms with Crippen molar-refractivity contribution in [3.05, 3.63) is 48.7 Å². The molecule has 0 aliphatic rings. The van der Waals surface area contributed by atoms with Crippen molar-refractivity contribution in [1.29, 1.82) is 0 Å². The van der Waals surface area contributed by atoms with Crippen LogP contribution in [0.1, 0.15) is 0 Å². The summed E-state index contributed by atoms with van der Waals surface area (Å²) in [6.07, 6.45) is 1.88. The number of rotatable bonds is 2. The van der Waals surface area contributed by atoms with E-state index in [9.17, 15) is 0 Å². The Balaban J connectivity index is 2.13. The van der Waals surface area contributed by atoms with Crippen LogP contribution in [0.3, 0.4) is 0 Å². The molecule has 1 aromatic carbocycles. The van der Waals surface area contributed by atoms with E-state index in [0.29, 0.717) is 0 Å². The van der Waals surface area contributed by atoms with Crippen LogP contribution in [0.5, 0.6) is 0 Å². The number of nitrogens with zero attached hydrogens (tertiary/aromatic N) is 1. The molecule has 0 saturated heterocycles. The fourth-order valence-electron chi connectivity index (χ4n) is 1.72. The second kappa shape index (κ2) is 4.70. The molecule has 0 saturated carbocycles. The number of furan rings is 1. The Bertz CT molecular complexity index is 651. The van der Waals surface area contributed by atoms with E-state index in [-0.39, 0.29) is 0 Å². The van der Waals surface area contributed by atoms with Gasteiger partial charge in [-0.15, -0.1) is 0 Å². The van der Waals surface area contributed by atoms with Crippen molar-refractivity contribution < 1.29 is 4.42 Å². The third kappa shape index (κ3) is 2.19. The van der Waals surface area contributed by atoms with Gasteiger partial charge >= 0.3 is 0 Å². The summed E-state index contributed by atoms with van der Waals surface area (Å²) in [4.78, 5) is 4.42. The molecule has 0 bridgehead atoms. The first-order valence-corrected chi connectivity index (χ1v) is 8.46. The Kier molecular flexibility index (Phi) is 3.07. The van der Waals surface area contributed by atoms with Crippen molar-refractivity contribution in [2.45, 2.75) is 5.09 Å². The maximum absolute atomic E-state index is 5.67. The van der Waals surface area contributed by atoms with Crippen LogP contribution in [0.4, 0.5) is 0 Å². The maximum atomic E-state index is 5.67. The number of halogens is 1. The van der Waals surface area contributed by atoms with Crippen LogP contribution < -0.4 is 0 Å². The number of fused-ring (bicyclic) bond motifs is 1. The number of aromatic nitrogens is 1. The molecule has 0 radical (unpaired) electrons. The first-order valence-electron chi connectivity index (χ1n) is 5.10. The number of hydrogen-bond donors (Lipinski definition) is 0. The molecule has 2 aromatic heterocycles. The minimum atomic E-state index is 0.838. The molecule has 0 spiro atoms. The van der Waals surface area contributed by atoms with Crippen LogP contribution in [-0.2, 0) is 0 Å². The topological polar surface area (TPSA) is 26.0 Å². The highest BCUT2D eigenvalue weighted by molar-refractivity contribution is 14.2. The van der Waals surface area contributed by atoms with Gasteiger partial charge in [0.1, 0.15) is 5.52 Å². The molecule has 0 fully saturated rings. The van der Waals surface area contributed by atoms with Crippen molar-refractivity contribution in [1.82, 2.24) is 4.98 Å². The smallest absolute Gasteiger partial charge is 0.173 e. The highest BCUT2D eigenvalue weighted by atomic mass is 127. The van der Waals surface area contributed by atoms with Crippen LogP contribution in [0, 0.1) is 0 Å². The Morgan fingerprint density at radius 3 is 2.65 bits per heavy atom. The molecule has 4 heteroatoms. The molecule has 3 aromatic rings. The average Bonchev–Trinajstić information content (AvgIpc) is 2.81. The van der Waals surface area contributed by atoms with Crippen LogP contribution in [0.15, 0.2) is 58.2 Å². The van der Waals surface area contributed by atoms with Gasteiger partial charge in [-0.1, -0.05) is 30.3 Å². The van der Waals surface area contributed by atoms with E-state index in [2.05, 4.69) is 38.3 Å². The van der Waals surface area contributed by atoms with E-state index >= 15 is 0 Å². The summed E-state index contributed by atoms with van der Waals surface area (Å²) in [6.45, 7) is 0. The molecule has 0 aliphatic heterocycles. The lowest BCUT2D eigenvalue weighted by molar-refractivity contribution is 0.517. The van der Waals surface area contributed by atoms with Gasteiger partial charge in [0.25, 0.3) is 0 Å².